The number of halogens is 1. The van der Waals surface area contributed by atoms with Crippen LogP contribution in [-0.4, -0.2) is 29.0 Å². The summed E-state index contributed by atoms with van der Waals surface area (Å²) in [4.78, 5) is 30.7. The van der Waals surface area contributed by atoms with Crippen molar-refractivity contribution >= 4 is 24.0 Å². The van der Waals surface area contributed by atoms with Gasteiger partial charge in [0.2, 0.25) is 5.91 Å². The topological polar surface area (TPSA) is 86.9 Å². The fourth-order valence-corrected chi connectivity index (χ4v) is 2.56. The van der Waals surface area contributed by atoms with E-state index < -0.39 is 0 Å². The molecule has 1 saturated heterocycles. The number of aromatic amines is 1. The van der Waals surface area contributed by atoms with Gasteiger partial charge in [-0.25, -0.2) is 4.98 Å². The normalized spacial score (nSPS) is 15.1. The number of nitrogens with zero attached hydrogens (tertiary/aromatic N) is 1. The van der Waals surface area contributed by atoms with Gasteiger partial charge in [-0.2, -0.15) is 0 Å². The van der Waals surface area contributed by atoms with Gasteiger partial charge in [-0.3, -0.25) is 9.59 Å². The number of H-pyrrole nitrogens is 1. The van der Waals surface area contributed by atoms with Crippen molar-refractivity contribution in [3.8, 4) is 11.4 Å². The first-order chi connectivity index (χ1) is 11.0. The van der Waals surface area contributed by atoms with Crippen molar-refractivity contribution in [2.24, 2.45) is 11.8 Å². The molecule has 0 spiro atoms. The first-order valence-electron chi connectivity index (χ1n) is 7.73. The lowest BCUT2D eigenvalue weighted by atomic mass is 9.88. The maximum absolute atomic E-state index is 12.2. The van der Waals surface area contributed by atoms with E-state index in [1.54, 1.807) is 6.92 Å². The predicted octanol–water partition coefficient (Wildman–Crippen LogP) is 1.96. The Labute approximate surface area is 146 Å². The molecule has 6 nitrogen and oxygen atoms in total. The molecule has 1 unspecified atom stereocenters. The lowest BCUT2D eigenvalue weighted by molar-refractivity contribution is -0.121. The fourth-order valence-electron chi connectivity index (χ4n) is 2.56. The van der Waals surface area contributed by atoms with Gasteiger partial charge in [0.15, 0.2) is 0 Å². The number of hydrogen-bond acceptors (Lipinski definition) is 4. The maximum Gasteiger partial charge on any atom is 0.251 e. The van der Waals surface area contributed by atoms with E-state index in [1.807, 2.05) is 31.2 Å². The van der Waals surface area contributed by atoms with Gasteiger partial charge in [0.05, 0.1) is 0 Å². The summed E-state index contributed by atoms with van der Waals surface area (Å²) < 4.78 is 0. The van der Waals surface area contributed by atoms with E-state index in [9.17, 15) is 9.59 Å². The van der Waals surface area contributed by atoms with E-state index >= 15 is 0 Å². The SMILES string of the molecule is Cc1cc(=O)[nH]c(-c2ccc(NC(=O)C(C)C3CNC3)cc2)n1.Cl. The molecule has 1 amide bonds. The van der Waals surface area contributed by atoms with E-state index in [0.717, 1.165) is 24.3 Å². The van der Waals surface area contributed by atoms with E-state index in [4.69, 9.17) is 0 Å². The number of benzene rings is 1. The average molecular weight is 349 g/mol. The molecular formula is C17H21ClN4O2. The molecule has 7 heteroatoms. The van der Waals surface area contributed by atoms with Gasteiger partial charge in [-0.05, 0) is 50.2 Å². The zero-order chi connectivity index (χ0) is 16.4. The van der Waals surface area contributed by atoms with Gasteiger partial charge in [0.25, 0.3) is 5.56 Å². The second-order valence-corrected chi connectivity index (χ2v) is 6.01. The van der Waals surface area contributed by atoms with Crippen molar-refractivity contribution in [1.29, 1.82) is 0 Å². The Kier molecular flexibility index (Phi) is 5.75. The van der Waals surface area contributed by atoms with Crippen LogP contribution in [0.1, 0.15) is 12.6 Å². The van der Waals surface area contributed by atoms with Crippen molar-refractivity contribution in [3.05, 3.63) is 46.4 Å². The van der Waals surface area contributed by atoms with E-state index in [-0.39, 0.29) is 29.8 Å². The first kappa shape index (κ1) is 18.2. The quantitative estimate of drug-likeness (QED) is 0.788. The molecule has 1 aromatic heterocycles. The number of rotatable bonds is 4. The third kappa shape index (κ3) is 4.01. The van der Waals surface area contributed by atoms with Gasteiger partial charge in [-0.15, -0.1) is 12.4 Å². The first-order valence-corrected chi connectivity index (χ1v) is 7.73. The van der Waals surface area contributed by atoms with E-state index in [2.05, 4.69) is 20.6 Å². The highest BCUT2D eigenvalue weighted by atomic mass is 35.5. The number of carbonyl (C=O) groups is 1. The summed E-state index contributed by atoms with van der Waals surface area (Å²) >= 11 is 0. The molecule has 0 radical (unpaired) electrons. The van der Waals surface area contributed by atoms with Crippen LogP contribution in [0, 0.1) is 18.8 Å². The molecule has 1 aromatic carbocycles. The molecule has 3 N–H and O–H groups in total. The summed E-state index contributed by atoms with van der Waals surface area (Å²) in [6.45, 7) is 5.54. The molecule has 1 aliphatic heterocycles. The molecule has 128 valence electrons. The summed E-state index contributed by atoms with van der Waals surface area (Å²) in [5.41, 5.74) is 2.05. The molecule has 0 aliphatic carbocycles. The standard InChI is InChI=1S/C17H20N4O2.ClH/c1-10-7-15(22)21-16(19-10)12-3-5-14(6-4-12)20-17(23)11(2)13-8-18-9-13;/h3-7,11,13,18H,8-9H2,1-2H3,(H,20,23)(H,19,21,22);1H. The van der Waals surface area contributed by atoms with Crippen LogP contribution in [0.3, 0.4) is 0 Å². The number of aromatic nitrogens is 2. The van der Waals surface area contributed by atoms with Crippen LogP contribution in [0.15, 0.2) is 35.1 Å². The van der Waals surface area contributed by atoms with Crippen molar-refractivity contribution in [3.63, 3.8) is 0 Å². The summed E-state index contributed by atoms with van der Waals surface area (Å²) in [6, 6.07) is 8.77. The van der Waals surface area contributed by atoms with Crippen LogP contribution in [0.2, 0.25) is 0 Å². The number of hydrogen-bond donors (Lipinski definition) is 3. The van der Waals surface area contributed by atoms with Crippen molar-refractivity contribution < 1.29 is 4.79 Å². The second kappa shape index (κ2) is 7.59. The summed E-state index contributed by atoms with van der Waals surface area (Å²) in [5, 5.41) is 6.11. The highest BCUT2D eigenvalue weighted by molar-refractivity contribution is 5.92. The highest BCUT2D eigenvalue weighted by Crippen LogP contribution is 2.20. The molecule has 1 atom stereocenters. The molecule has 0 saturated carbocycles. The molecular weight excluding hydrogens is 328 g/mol. The van der Waals surface area contributed by atoms with Gasteiger partial charge < -0.3 is 15.6 Å². The second-order valence-electron chi connectivity index (χ2n) is 6.01. The lowest BCUT2D eigenvalue weighted by Crippen LogP contribution is -2.48. The summed E-state index contributed by atoms with van der Waals surface area (Å²) in [6.07, 6.45) is 0. The van der Waals surface area contributed by atoms with Crippen LogP contribution >= 0.6 is 12.4 Å². The fraction of sp³-hybridized carbons (Fsp3) is 0.353. The van der Waals surface area contributed by atoms with Crippen LogP contribution in [0.25, 0.3) is 11.4 Å². The predicted molar refractivity (Wildman–Crippen MR) is 96.4 cm³/mol. The van der Waals surface area contributed by atoms with Crippen molar-refractivity contribution in [2.45, 2.75) is 13.8 Å². The largest absolute Gasteiger partial charge is 0.326 e. The Balaban J connectivity index is 0.00000208. The minimum absolute atomic E-state index is 0. The van der Waals surface area contributed by atoms with E-state index in [0.29, 0.717) is 17.4 Å². The van der Waals surface area contributed by atoms with Gasteiger partial charge in [-0.1, -0.05) is 6.92 Å². The smallest absolute Gasteiger partial charge is 0.251 e. The molecule has 1 aliphatic rings. The Morgan fingerprint density at radius 3 is 2.50 bits per heavy atom. The minimum Gasteiger partial charge on any atom is -0.326 e. The van der Waals surface area contributed by atoms with Gasteiger partial charge in [0.1, 0.15) is 5.82 Å². The maximum atomic E-state index is 12.2. The van der Waals surface area contributed by atoms with Crippen LogP contribution in [0.5, 0.6) is 0 Å². The summed E-state index contributed by atoms with van der Waals surface area (Å²) in [5.74, 6) is 0.967. The van der Waals surface area contributed by atoms with Crippen LogP contribution in [0.4, 0.5) is 5.69 Å². The average Bonchev–Trinajstić information content (AvgIpc) is 2.45. The monoisotopic (exact) mass is 348 g/mol. The van der Waals surface area contributed by atoms with Crippen molar-refractivity contribution in [2.75, 3.05) is 18.4 Å². The van der Waals surface area contributed by atoms with Crippen LogP contribution in [-0.2, 0) is 4.79 Å². The number of nitrogens with one attached hydrogen (secondary N) is 3. The molecule has 1 fully saturated rings. The molecule has 2 heterocycles. The Bertz CT molecular complexity index is 769. The number of carbonyl (C=O) groups excluding carboxylic acids is 1. The van der Waals surface area contributed by atoms with Gasteiger partial charge in [0, 0.05) is 28.9 Å². The Hall–Kier alpha value is -2.18. The van der Waals surface area contributed by atoms with Crippen molar-refractivity contribution in [1.82, 2.24) is 15.3 Å². The van der Waals surface area contributed by atoms with E-state index in [1.165, 1.54) is 6.07 Å². The molecule has 3 rings (SSSR count). The van der Waals surface area contributed by atoms with Crippen LogP contribution < -0.4 is 16.2 Å². The third-order valence-electron chi connectivity index (χ3n) is 4.23. The Morgan fingerprint density at radius 2 is 1.96 bits per heavy atom. The van der Waals surface area contributed by atoms with Gasteiger partial charge >= 0.3 is 0 Å². The Morgan fingerprint density at radius 1 is 1.29 bits per heavy atom. The zero-order valence-corrected chi connectivity index (χ0v) is 14.4. The zero-order valence-electron chi connectivity index (χ0n) is 13.6. The number of anilines is 1. The lowest BCUT2D eigenvalue weighted by Gasteiger charge is -2.31. The minimum atomic E-state index is -0.173. The number of aryl methyl sites for hydroxylation is 1. The molecule has 0 bridgehead atoms. The molecule has 24 heavy (non-hydrogen) atoms. The number of amides is 1. The summed E-state index contributed by atoms with van der Waals surface area (Å²) in [7, 11) is 0. The highest BCUT2D eigenvalue weighted by Gasteiger charge is 2.28. The third-order valence-corrected chi connectivity index (χ3v) is 4.23. The molecule has 2 aromatic rings.